The summed E-state index contributed by atoms with van der Waals surface area (Å²) in [6.45, 7) is 0.698. The van der Waals surface area contributed by atoms with Gasteiger partial charge in [0, 0.05) is 5.56 Å². The SMILES string of the molecule is CNCc1nc2c(c(OC)n1)CCCC2. The summed E-state index contributed by atoms with van der Waals surface area (Å²) in [6, 6.07) is 0. The van der Waals surface area contributed by atoms with Crippen molar-refractivity contribution in [3.8, 4) is 5.88 Å². The van der Waals surface area contributed by atoms with E-state index in [1.54, 1.807) is 7.11 Å². The van der Waals surface area contributed by atoms with Crippen LogP contribution in [0.25, 0.3) is 0 Å². The summed E-state index contributed by atoms with van der Waals surface area (Å²) >= 11 is 0. The van der Waals surface area contributed by atoms with Crippen LogP contribution < -0.4 is 10.1 Å². The molecule has 0 saturated heterocycles. The summed E-state index contributed by atoms with van der Waals surface area (Å²) in [4.78, 5) is 8.96. The number of hydrogen-bond acceptors (Lipinski definition) is 4. The fraction of sp³-hybridized carbons (Fsp3) is 0.636. The van der Waals surface area contributed by atoms with Crippen molar-refractivity contribution in [3.05, 3.63) is 17.1 Å². The number of hydrogen-bond donors (Lipinski definition) is 1. The van der Waals surface area contributed by atoms with Gasteiger partial charge in [-0.2, -0.15) is 4.98 Å². The topological polar surface area (TPSA) is 47.0 Å². The number of rotatable bonds is 3. The van der Waals surface area contributed by atoms with E-state index >= 15 is 0 Å². The predicted molar refractivity (Wildman–Crippen MR) is 58.0 cm³/mol. The van der Waals surface area contributed by atoms with Gasteiger partial charge in [0.05, 0.1) is 19.3 Å². The molecule has 0 radical (unpaired) electrons. The number of nitrogens with zero attached hydrogens (tertiary/aromatic N) is 2. The molecule has 0 saturated carbocycles. The van der Waals surface area contributed by atoms with Crippen molar-refractivity contribution in [3.63, 3.8) is 0 Å². The first-order chi connectivity index (χ1) is 7.35. The number of nitrogens with one attached hydrogen (secondary N) is 1. The Morgan fingerprint density at radius 1 is 1.27 bits per heavy atom. The quantitative estimate of drug-likeness (QED) is 0.805. The molecule has 15 heavy (non-hydrogen) atoms. The number of fused-ring (bicyclic) bond motifs is 1. The average molecular weight is 207 g/mol. The van der Waals surface area contributed by atoms with Gasteiger partial charge in [0.2, 0.25) is 5.88 Å². The van der Waals surface area contributed by atoms with Gasteiger partial charge in [0.15, 0.2) is 0 Å². The van der Waals surface area contributed by atoms with E-state index in [0.29, 0.717) is 6.54 Å². The maximum atomic E-state index is 5.32. The molecule has 1 aromatic rings. The molecule has 0 unspecified atom stereocenters. The summed E-state index contributed by atoms with van der Waals surface area (Å²) in [7, 11) is 3.58. The highest BCUT2D eigenvalue weighted by atomic mass is 16.5. The fourth-order valence-corrected chi connectivity index (χ4v) is 2.01. The lowest BCUT2D eigenvalue weighted by Gasteiger charge is -2.17. The Kier molecular flexibility index (Phi) is 3.16. The van der Waals surface area contributed by atoms with E-state index in [9.17, 15) is 0 Å². The van der Waals surface area contributed by atoms with E-state index in [1.807, 2.05) is 7.05 Å². The Hall–Kier alpha value is -1.16. The Labute approximate surface area is 90.1 Å². The van der Waals surface area contributed by atoms with Gasteiger partial charge >= 0.3 is 0 Å². The van der Waals surface area contributed by atoms with Crippen LogP contribution in [0.3, 0.4) is 0 Å². The second kappa shape index (κ2) is 4.57. The average Bonchev–Trinajstić information content (AvgIpc) is 2.28. The highest BCUT2D eigenvalue weighted by Gasteiger charge is 2.17. The zero-order valence-corrected chi connectivity index (χ0v) is 9.34. The monoisotopic (exact) mass is 207 g/mol. The van der Waals surface area contributed by atoms with E-state index in [0.717, 1.165) is 24.5 Å². The zero-order valence-electron chi connectivity index (χ0n) is 9.34. The van der Waals surface area contributed by atoms with Crippen molar-refractivity contribution in [1.82, 2.24) is 15.3 Å². The van der Waals surface area contributed by atoms with Crippen LogP contribution >= 0.6 is 0 Å². The van der Waals surface area contributed by atoms with E-state index in [2.05, 4.69) is 15.3 Å². The van der Waals surface area contributed by atoms with Crippen LogP contribution in [0.15, 0.2) is 0 Å². The smallest absolute Gasteiger partial charge is 0.219 e. The van der Waals surface area contributed by atoms with Crippen molar-refractivity contribution < 1.29 is 4.74 Å². The zero-order chi connectivity index (χ0) is 10.7. The molecule has 82 valence electrons. The first kappa shape index (κ1) is 10.4. The normalized spacial score (nSPS) is 14.8. The molecule has 1 aliphatic rings. The highest BCUT2D eigenvalue weighted by Crippen LogP contribution is 2.26. The lowest BCUT2D eigenvalue weighted by atomic mass is 9.97. The third-order valence-electron chi connectivity index (χ3n) is 2.72. The Morgan fingerprint density at radius 3 is 2.80 bits per heavy atom. The molecule has 4 heteroatoms. The summed E-state index contributed by atoms with van der Waals surface area (Å²) in [5, 5.41) is 3.06. The Bertz CT molecular complexity index is 335. The Balaban J connectivity index is 2.38. The molecule has 0 amide bonds. The van der Waals surface area contributed by atoms with Crippen molar-refractivity contribution in [2.24, 2.45) is 0 Å². The fourth-order valence-electron chi connectivity index (χ4n) is 2.01. The minimum absolute atomic E-state index is 0.698. The summed E-state index contributed by atoms with van der Waals surface area (Å²) in [5.41, 5.74) is 2.39. The minimum atomic E-state index is 0.698. The molecular weight excluding hydrogens is 190 g/mol. The molecule has 1 aliphatic carbocycles. The first-order valence-corrected chi connectivity index (χ1v) is 5.42. The van der Waals surface area contributed by atoms with E-state index in [-0.39, 0.29) is 0 Å². The molecule has 1 aromatic heterocycles. The maximum absolute atomic E-state index is 5.32. The molecule has 0 aromatic carbocycles. The second-order valence-electron chi connectivity index (χ2n) is 3.81. The molecule has 0 fully saturated rings. The van der Waals surface area contributed by atoms with Gasteiger partial charge in [0.25, 0.3) is 0 Å². The number of methoxy groups -OCH3 is 1. The highest BCUT2D eigenvalue weighted by molar-refractivity contribution is 5.33. The maximum Gasteiger partial charge on any atom is 0.219 e. The summed E-state index contributed by atoms with van der Waals surface area (Å²) in [5.74, 6) is 1.60. The molecular formula is C11H17N3O. The first-order valence-electron chi connectivity index (χ1n) is 5.42. The second-order valence-corrected chi connectivity index (χ2v) is 3.81. The number of aryl methyl sites for hydroxylation is 1. The van der Waals surface area contributed by atoms with Gasteiger partial charge < -0.3 is 10.1 Å². The Morgan fingerprint density at radius 2 is 2.07 bits per heavy atom. The minimum Gasteiger partial charge on any atom is -0.481 e. The molecule has 0 aliphatic heterocycles. The number of ether oxygens (including phenoxy) is 1. The molecule has 4 nitrogen and oxygen atoms in total. The van der Waals surface area contributed by atoms with Crippen LogP contribution in [-0.4, -0.2) is 24.1 Å². The van der Waals surface area contributed by atoms with E-state index in [1.165, 1.54) is 24.1 Å². The van der Waals surface area contributed by atoms with Gasteiger partial charge in [0.1, 0.15) is 5.82 Å². The van der Waals surface area contributed by atoms with Gasteiger partial charge in [-0.1, -0.05) is 0 Å². The van der Waals surface area contributed by atoms with Crippen LogP contribution in [-0.2, 0) is 19.4 Å². The van der Waals surface area contributed by atoms with Crippen molar-refractivity contribution in [2.75, 3.05) is 14.2 Å². The third-order valence-corrected chi connectivity index (χ3v) is 2.72. The standard InChI is InChI=1S/C11H17N3O/c1-12-7-10-13-9-6-4-3-5-8(9)11(14-10)15-2/h12H,3-7H2,1-2H3. The number of aromatic nitrogens is 2. The van der Waals surface area contributed by atoms with Crippen LogP contribution in [0.5, 0.6) is 5.88 Å². The molecule has 0 bridgehead atoms. The molecule has 1 heterocycles. The molecule has 2 rings (SSSR count). The molecule has 0 spiro atoms. The molecule has 1 N–H and O–H groups in total. The van der Waals surface area contributed by atoms with Gasteiger partial charge in [-0.05, 0) is 32.7 Å². The van der Waals surface area contributed by atoms with E-state index in [4.69, 9.17) is 4.74 Å². The van der Waals surface area contributed by atoms with Gasteiger partial charge in [-0.3, -0.25) is 0 Å². The van der Waals surface area contributed by atoms with Gasteiger partial charge in [-0.25, -0.2) is 4.98 Å². The summed E-state index contributed by atoms with van der Waals surface area (Å²) in [6.07, 6.45) is 4.56. The van der Waals surface area contributed by atoms with Crippen LogP contribution in [0, 0.1) is 0 Å². The van der Waals surface area contributed by atoms with Gasteiger partial charge in [-0.15, -0.1) is 0 Å². The lowest BCUT2D eigenvalue weighted by Crippen LogP contribution is -2.15. The van der Waals surface area contributed by atoms with Crippen molar-refractivity contribution in [1.29, 1.82) is 0 Å². The summed E-state index contributed by atoms with van der Waals surface area (Å²) < 4.78 is 5.32. The lowest BCUT2D eigenvalue weighted by molar-refractivity contribution is 0.383. The van der Waals surface area contributed by atoms with E-state index < -0.39 is 0 Å². The van der Waals surface area contributed by atoms with Crippen molar-refractivity contribution in [2.45, 2.75) is 32.2 Å². The van der Waals surface area contributed by atoms with Crippen LogP contribution in [0.2, 0.25) is 0 Å². The third kappa shape index (κ3) is 2.09. The van der Waals surface area contributed by atoms with Crippen molar-refractivity contribution >= 4 is 0 Å². The van der Waals surface area contributed by atoms with Crippen LogP contribution in [0.4, 0.5) is 0 Å². The predicted octanol–water partition coefficient (Wildman–Crippen LogP) is 1.08. The largest absolute Gasteiger partial charge is 0.481 e. The van der Waals surface area contributed by atoms with Crippen LogP contribution in [0.1, 0.15) is 29.9 Å². The molecule has 0 atom stereocenters.